The van der Waals surface area contributed by atoms with Crippen molar-refractivity contribution in [3.63, 3.8) is 0 Å². The van der Waals surface area contributed by atoms with Crippen LogP contribution in [-0.2, 0) is 22.2 Å². The summed E-state index contributed by atoms with van der Waals surface area (Å²) >= 11 is 0. The Morgan fingerprint density at radius 3 is 2.00 bits per heavy atom. The molecule has 0 bridgehead atoms. The number of carboxylic acid groups (broad SMARTS) is 2. The molecule has 20 heavy (non-hydrogen) atoms. The van der Waals surface area contributed by atoms with Gasteiger partial charge in [-0.15, -0.1) is 0 Å². The van der Waals surface area contributed by atoms with Crippen LogP contribution >= 0.6 is 0 Å². The molecule has 0 amide bonds. The molecule has 0 aromatic heterocycles. The number of carbonyl (C=O) groups is 2. The molecule has 7 heteroatoms. The normalized spacial score (nSPS) is 12.8. The van der Waals surface area contributed by atoms with E-state index in [1.54, 1.807) is 0 Å². The van der Waals surface area contributed by atoms with Crippen LogP contribution in [0.4, 0.5) is 13.2 Å². The number of carboxylic acids is 2. The first-order valence-corrected chi connectivity index (χ1v) is 5.44. The molecule has 0 heterocycles. The predicted octanol–water partition coefficient (Wildman–Crippen LogP) is 2.59. The van der Waals surface area contributed by atoms with E-state index < -0.39 is 35.2 Å². The fraction of sp³-hybridized carbons (Fsp3) is 0.231. The lowest BCUT2D eigenvalue weighted by atomic mass is 9.92. The van der Waals surface area contributed by atoms with Crippen LogP contribution in [-0.4, -0.2) is 22.2 Å². The molecule has 0 aliphatic carbocycles. The third-order valence-corrected chi connectivity index (χ3v) is 2.71. The SMILES string of the molecule is C=C(C(=O)O)C(Cc1ccc(C(F)(F)F)cc1)C(=O)O. The van der Waals surface area contributed by atoms with Gasteiger partial charge in [-0.3, -0.25) is 4.79 Å². The molecule has 0 spiro atoms. The molecule has 0 aliphatic rings. The molecule has 0 aliphatic heterocycles. The van der Waals surface area contributed by atoms with Gasteiger partial charge in [0, 0.05) is 5.57 Å². The van der Waals surface area contributed by atoms with Gasteiger partial charge >= 0.3 is 18.1 Å². The Morgan fingerprint density at radius 1 is 1.15 bits per heavy atom. The van der Waals surface area contributed by atoms with E-state index in [-0.39, 0.29) is 12.0 Å². The molecule has 0 radical (unpaired) electrons. The first-order chi connectivity index (χ1) is 9.12. The Balaban J connectivity index is 2.93. The number of aliphatic carboxylic acids is 2. The van der Waals surface area contributed by atoms with Crippen molar-refractivity contribution in [3.05, 3.63) is 47.5 Å². The van der Waals surface area contributed by atoms with Crippen LogP contribution in [0.3, 0.4) is 0 Å². The lowest BCUT2D eigenvalue weighted by Crippen LogP contribution is -2.23. The van der Waals surface area contributed by atoms with E-state index in [9.17, 15) is 22.8 Å². The summed E-state index contributed by atoms with van der Waals surface area (Å²) in [7, 11) is 0. The summed E-state index contributed by atoms with van der Waals surface area (Å²) in [5, 5.41) is 17.7. The van der Waals surface area contributed by atoms with Crippen molar-refractivity contribution in [2.24, 2.45) is 5.92 Å². The summed E-state index contributed by atoms with van der Waals surface area (Å²) in [6, 6.07) is 3.87. The van der Waals surface area contributed by atoms with Crippen LogP contribution in [0.5, 0.6) is 0 Å². The molecule has 108 valence electrons. The van der Waals surface area contributed by atoms with Gasteiger partial charge in [0.2, 0.25) is 0 Å². The molecular formula is C13H11F3O4. The fourth-order valence-corrected chi connectivity index (χ4v) is 1.57. The van der Waals surface area contributed by atoms with E-state index in [2.05, 4.69) is 6.58 Å². The lowest BCUT2D eigenvalue weighted by molar-refractivity contribution is -0.143. The highest BCUT2D eigenvalue weighted by Gasteiger charge is 2.30. The molecule has 1 aromatic carbocycles. The van der Waals surface area contributed by atoms with Gasteiger partial charge in [-0.1, -0.05) is 18.7 Å². The van der Waals surface area contributed by atoms with E-state index >= 15 is 0 Å². The fourth-order valence-electron chi connectivity index (χ4n) is 1.57. The van der Waals surface area contributed by atoms with Gasteiger partial charge in [-0.05, 0) is 24.1 Å². The molecular weight excluding hydrogens is 277 g/mol. The number of benzene rings is 1. The van der Waals surface area contributed by atoms with Crippen molar-refractivity contribution >= 4 is 11.9 Å². The average molecular weight is 288 g/mol. The van der Waals surface area contributed by atoms with Gasteiger partial charge in [-0.25, -0.2) is 4.79 Å². The van der Waals surface area contributed by atoms with Crippen molar-refractivity contribution < 1.29 is 33.0 Å². The monoisotopic (exact) mass is 288 g/mol. The molecule has 1 atom stereocenters. The second kappa shape index (κ2) is 5.77. The zero-order valence-electron chi connectivity index (χ0n) is 10.1. The Labute approximate surface area is 112 Å². The zero-order valence-corrected chi connectivity index (χ0v) is 10.1. The summed E-state index contributed by atoms with van der Waals surface area (Å²) in [6.07, 6.45) is -4.71. The van der Waals surface area contributed by atoms with E-state index in [1.807, 2.05) is 0 Å². The second-order valence-corrected chi connectivity index (χ2v) is 4.12. The van der Waals surface area contributed by atoms with Crippen molar-refractivity contribution in [1.29, 1.82) is 0 Å². The van der Waals surface area contributed by atoms with Gasteiger partial charge in [0.15, 0.2) is 0 Å². The van der Waals surface area contributed by atoms with E-state index in [0.717, 1.165) is 24.3 Å². The highest BCUT2D eigenvalue weighted by atomic mass is 19.4. The van der Waals surface area contributed by atoms with Crippen LogP contribution in [0.1, 0.15) is 11.1 Å². The molecule has 0 saturated carbocycles. The van der Waals surface area contributed by atoms with Gasteiger partial charge in [-0.2, -0.15) is 13.2 Å². The molecule has 1 unspecified atom stereocenters. The number of alkyl halides is 3. The smallest absolute Gasteiger partial charge is 0.416 e. The van der Waals surface area contributed by atoms with E-state index in [1.165, 1.54) is 0 Å². The average Bonchev–Trinajstić information content (AvgIpc) is 2.34. The summed E-state index contributed by atoms with van der Waals surface area (Å²) in [4.78, 5) is 21.7. The topological polar surface area (TPSA) is 74.6 Å². The molecule has 1 rings (SSSR count). The molecule has 2 N–H and O–H groups in total. The maximum atomic E-state index is 12.4. The van der Waals surface area contributed by atoms with Crippen molar-refractivity contribution in [2.45, 2.75) is 12.6 Å². The minimum absolute atomic E-state index is 0.237. The summed E-state index contributed by atoms with van der Waals surface area (Å²) < 4.78 is 37.1. The number of hydrogen-bond acceptors (Lipinski definition) is 2. The van der Waals surface area contributed by atoms with Crippen LogP contribution in [0.15, 0.2) is 36.4 Å². The Kier molecular flexibility index (Phi) is 4.54. The van der Waals surface area contributed by atoms with Crippen molar-refractivity contribution in [3.8, 4) is 0 Å². The minimum atomic E-state index is -4.48. The Bertz CT molecular complexity index is 532. The van der Waals surface area contributed by atoms with E-state index in [0.29, 0.717) is 0 Å². The largest absolute Gasteiger partial charge is 0.481 e. The molecule has 0 fully saturated rings. The van der Waals surface area contributed by atoms with Crippen LogP contribution < -0.4 is 0 Å². The standard InChI is InChI=1S/C13H11F3O4/c1-7(11(17)18)10(12(19)20)6-8-2-4-9(5-3-8)13(14,15)16/h2-5,10H,1,6H2,(H,17,18)(H,19,20). The van der Waals surface area contributed by atoms with Gasteiger partial charge in [0.1, 0.15) is 0 Å². The van der Waals surface area contributed by atoms with Gasteiger partial charge in [0.25, 0.3) is 0 Å². The second-order valence-electron chi connectivity index (χ2n) is 4.12. The lowest BCUT2D eigenvalue weighted by Gasteiger charge is -2.13. The number of halogens is 3. The van der Waals surface area contributed by atoms with Gasteiger partial charge < -0.3 is 10.2 Å². The maximum Gasteiger partial charge on any atom is 0.416 e. The van der Waals surface area contributed by atoms with E-state index in [4.69, 9.17) is 10.2 Å². The third-order valence-electron chi connectivity index (χ3n) is 2.71. The number of hydrogen-bond donors (Lipinski definition) is 2. The van der Waals surface area contributed by atoms with Crippen LogP contribution in [0.2, 0.25) is 0 Å². The van der Waals surface area contributed by atoms with Crippen LogP contribution in [0, 0.1) is 5.92 Å². The zero-order chi connectivity index (χ0) is 15.5. The third kappa shape index (κ3) is 3.84. The highest BCUT2D eigenvalue weighted by Crippen LogP contribution is 2.29. The van der Waals surface area contributed by atoms with Crippen molar-refractivity contribution in [2.75, 3.05) is 0 Å². The summed E-state index contributed by atoms with van der Waals surface area (Å²) in [5.74, 6) is -4.23. The molecule has 0 saturated heterocycles. The van der Waals surface area contributed by atoms with Crippen molar-refractivity contribution in [1.82, 2.24) is 0 Å². The first-order valence-electron chi connectivity index (χ1n) is 5.44. The highest BCUT2D eigenvalue weighted by molar-refractivity contribution is 5.93. The summed E-state index contributed by atoms with van der Waals surface area (Å²) in [5.41, 5.74) is -1.09. The molecule has 1 aromatic rings. The Morgan fingerprint density at radius 2 is 1.65 bits per heavy atom. The predicted molar refractivity (Wildman–Crippen MR) is 63.0 cm³/mol. The molecule has 4 nitrogen and oxygen atoms in total. The summed E-state index contributed by atoms with van der Waals surface area (Å²) in [6.45, 7) is 3.17. The van der Waals surface area contributed by atoms with Crippen LogP contribution in [0.25, 0.3) is 0 Å². The minimum Gasteiger partial charge on any atom is -0.481 e. The first kappa shape index (κ1) is 15.7. The maximum absolute atomic E-state index is 12.4. The Hall–Kier alpha value is -2.31. The van der Waals surface area contributed by atoms with Gasteiger partial charge in [0.05, 0.1) is 11.5 Å². The number of rotatable bonds is 5. The quantitative estimate of drug-likeness (QED) is 0.817.